The predicted octanol–water partition coefficient (Wildman–Crippen LogP) is 2.24. The van der Waals surface area contributed by atoms with Crippen LogP contribution < -0.4 is 10.2 Å². The Morgan fingerprint density at radius 1 is 1.30 bits per heavy atom. The van der Waals surface area contributed by atoms with Gasteiger partial charge in [0.15, 0.2) is 0 Å². The number of esters is 1. The fraction of sp³-hybridized carbons (Fsp3) is 0.517. The van der Waals surface area contributed by atoms with Crippen molar-refractivity contribution < 1.29 is 33.8 Å². The van der Waals surface area contributed by atoms with Crippen molar-refractivity contribution in [1.29, 1.82) is 0 Å². The Hall–Kier alpha value is -3.21. The molecule has 0 saturated carbocycles. The lowest BCUT2D eigenvalue weighted by Crippen LogP contribution is -2.56. The molecule has 40 heavy (non-hydrogen) atoms. The Kier molecular flexibility index (Phi) is 9.33. The largest absolute Gasteiger partial charge is 0.460 e. The number of β-amino-alcohol motifs (C(OH)–C–C–N with tert-alkyl or cyclic N) is 1. The van der Waals surface area contributed by atoms with Gasteiger partial charge < -0.3 is 29.7 Å². The molecule has 3 fully saturated rings. The summed E-state index contributed by atoms with van der Waals surface area (Å²) < 4.78 is 12.0. The second-order valence-electron chi connectivity index (χ2n) is 10.4. The lowest BCUT2D eigenvalue weighted by atomic mass is 9.70. The second-order valence-corrected chi connectivity index (χ2v) is 10.8. The van der Waals surface area contributed by atoms with Gasteiger partial charge in [0.1, 0.15) is 17.7 Å². The molecule has 1 aromatic carbocycles. The Balaban J connectivity index is 1.57. The summed E-state index contributed by atoms with van der Waals surface area (Å²) in [6, 6.07) is 5.70. The van der Waals surface area contributed by atoms with Gasteiger partial charge in [-0.25, -0.2) is 0 Å². The summed E-state index contributed by atoms with van der Waals surface area (Å²) in [7, 11) is 0. The van der Waals surface area contributed by atoms with Gasteiger partial charge in [0.25, 0.3) is 5.91 Å². The molecule has 0 radical (unpaired) electrons. The third-order valence-corrected chi connectivity index (χ3v) is 8.09. The van der Waals surface area contributed by atoms with Crippen LogP contribution in [0.25, 0.3) is 0 Å². The SMILES string of the molecule is C=CCCC(=O)NC[C@H](C)OC(=O)[C@@H]1[C@@H]2CC[C@]3(O2)[C@H](C(=O)N(CC=C)c2ccc(Cl)cc2)N(CCO)C(=O)[C@@H]13. The van der Waals surface area contributed by atoms with E-state index in [0.717, 1.165) is 0 Å². The summed E-state index contributed by atoms with van der Waals surface area (Å²) in [5.41, 5.74) is -0.663. The van der Waals surface area contributed by atoms with Gasteiger partial charge in [-0.05, 0) is 50.5 Å². The molecule has 0 aliphatic carbocycles. The van der Waals surface area contributed by atoms with Gasteiger partial charge >= 0.3 is 5.97 Å². The van der Waals surface area contributed by atoms with Gasteiger partial charge in [0.2, 0.25) is 11.8 Å². The predicted molar refractivity (Wildman–Crippen MR) is 148 cm³/mol. The molecule has 11 heteroatoms. The van der Waals surface area contributed by atoms with Gasteiger partial charge in [-0.1, -0.05) is 23.8 Å². The number of likely N-dealkylation sites (tertiary alicyclic amines) is 1. The zero-order chi connectivity index (χ0) is 29.0. The van der Waals surface area contributed by atoms with Gasteiger partial charge in [0.05, 0.1) is 31.1 Å². The lowest BCUT2D eigenvalue weighted by Gasteiger charge is -2.36. The van der Waals surface area contributed by atoms with Gasteiger partial charge in [-0.15, -0.1) is 13.2 Å². The number of ether oxygens (including phenoxy) is 2. The zero-order valence-electron chi connectivity index (χ0n) is 22.6. The average Bonchev–Trinajstić information content (AvgIpc) is 3.57. The topological polar surface area (TPSA) is 125 Å². The first-order valence-corrected chi connectivity index (χ1v) is 13.9. The van der Waals surface area contributed by atoms with E-state index in [-0.39, 0.29) is 38.6 Å². The number of fused-ring (bicyclic) bond motifs is 1. The number of allylic oxidation sites excluding steroid dienone is 1. The molecule has 2 bridgehead atoms. The number of rotatable bonds is 13. The molecule has 0 aromatic heterocycles. The second kappa shape index (κ2) is 12.5. The highest BCUT2D eigenvalue weighted by Crippen LogP contribution is 2.58. The van der Waals surface area contributed by atoms with Crippen molar-refractivity contribution in [2.45, 2.75) is 56.5 Å². The van der Waals surface area contributed by atoms with Crippen molar-refractivity contribution in [2.24, 2.45) is 11.8 Å². The number of anilines is 1. The molecule has 6 atom stereocenters. The summed E-state index contributed by atoms with van der Waals surface area (Å²) in [5, 5.41) is 13.0. The number of hydrogen-bond acceptors (Lipinski definition) is 7. The van der Waals surface area contributed by atoms with Crippen molar-refractivity contribution in [3.8, 4) is 0 Å². The first-order chi connectivity index (χ1) is 19.2. The number of halogens is 1. The fourth-order valence-electron chi connectivity index (χ4n) is 6.17. The Morgan fingerprint density at radius 3 is 2.67 bits per heavy atom. The Bertz CT molecular complexity index is 1160. The van der Waals surface area contributed by atoms with E-state index in [1.807, 2.05) is 0 Å². The van der Waals surface area contributed by atoms with E-state index in [1.54, 1.807) is 43.3 Å². The Morgan fingerprint density at radius 2 is 2.02 bits per heavy atom. The van der Waals surface area contributed by atoms with Gasteiger partial charge in [0, 0.05) is 30.2 Å². The smallest absolute Gasteiger partial charge is 0.312 e. The van der Waals surface area contributed by atoms with Crippen LogP contribution in [0.15, 0.2) is 49.6 Å². The van der Waals surface area contributed by atoms with E-state index in [9.17, 15) is 24.3 Å². The normalized spacial score (nSPS) is 27.2. The summed E-state index contributed by atoms with van der Waals surface area (Å²) in [6.07, 6.45) is 3.74. The van der Waals surface area contributed by atoms with E-state index >= 15 is 0 Å². The molecule has 4 rings (SSSR count). The molecule has 2 N–H and O–H groups in total. The molecule has 3 saturated heterocycles. The highest BCUT2D eigenvalue weighted by molar-refractivity contribution is 6.30. The van der Waals surface area contributed by atoms with Crippen LogP contribution in [0.1, 0.15) is 32.6 Å². The molecule has 3 heterocycles. The van der Waals surface area contributed by atoms with Crippen LogP contribution in [0.3, 0.4) is 0 Å². The number of benzene rings is 1. The molecule has 3 aliphatic heterocycles. The van der Waals surface area contributed by atoms with Crippen molar-refractivity contribution in [1.82, 2.24) is 10.2 Å². The molecule has 0 unspecified atom stereocenters. The van der Waals surface area contributed by atoms with E-state index < -0.39 is 53.5 Å². The molecule has 10 nitrogen and oxygen atoms in total. The third-order valence-electron chi connectivity index (χ3n) is 7.84. The number of amides is 3. The molecule has 3 amide bonds. The number of aliphatic hydroxyl groups excluding tert-OH is 1. The van der Waals surface area contributed by atoms with Crippen LogP contribution in [-0.4, -0.2) is 83.8 Å². The van der Waals surface area contributed by atoms with Crippen LogP contribution in [0.4, 0.5) is 5.69 Å². The summed E-state index contributed by atoms with van der Waals surface area (Å²) in [4.78, 5) is 56.2. The first-order valence-electron chi connectivity index (χ1n) is 13.5. The maximum Gasteiger partial charge on any atom is 0.312 e. The maximum atomic E-state index is 14.2. The number of carbonyl (C=O) groups is 4. The summed E-state index contributed by atoms with van der Waals surface area (Å²) >= 11 is 6.05. The van der Waals surface area contributed by atoms with E-state index in [4.69, 9.17) is 21.1 Å². The fourth-order valence-corrected chi connectivity index (χ4v) is 6.29. The molecule has 1 aromatic rings. The van der Waals surface area contributed by atoms with Gasteiger partial charge in [-0.2, -0.15) is 0 Å². The highest BCUT2D eigenvalue weighted by Gasteiger charge is 2.75. The molecular formula is C29H36ClN3O7. The number of nitrogens with one attached hydrogen (secondary N) is 1. The van der Waals surface area contributed by atoms with Crippen molar-refractivity contribution in [3.63, 3.8) is 0 Å². The molecular weight excluding hydrogens is 538 g/mol. The van der Waals surface area contributed by atoms with Crippen LogP contribution in [0, 0.1) is 11.8 Å². The zero-order valence-corrected chi connectivity index (χ0v) is 23.3. The number of carbonyl (C=O) groups excluding carboxylic acids is 4. The monoisotopic (exact) mass is 573 g/mol. The average molecular weight is 574 g/mol. The van der Waals surface area contributed by atoms with Crippen molar-refractivity contribution in [3.05, 3.63) is 54.6 Å². The summed E-state index contributed by atoms with van der Waals surface area (Å²) in [5.74, 6) is -3.42. The lowest BCUT2D eigenvalue weighted by molar-refractivity contribution is -0.159. The van der Waals surface area contributed by atoms with E-state index in [1.165, 1.54) is 9.80 Å². The van der Waals surface area contributed by atoms with Crippen LogP contribution in [-0.2, 0) is 28.7 Å². The van der Waals surface area contributed by atoms with Crippen molar-refractivity contribution in [2.75, 3.05) is 31.1 Å². The number of aliphatic hydroxyl groups is 1. The molecule has 3 aliphatic rings. The minimum atomic E-state index is -1.23. The molecule has 216 valence electrons. The number of hydrogen-bond donors (Lipinski definition) is 2. The van der Waals surface area contributed by atoms with Crippen LogP contribution >= 0.6 is 11.6 Å². The minimum absolute atomic E-state index is 0.0844. The third kappa shape index (κ3) is 5.53. The van der Waals surface area contributed by atoms with Gasteiger partial charge in [-0.3, -0.25) is 19.2 Å². The maximum absolute atomic E-state index is 14.2. The van der Waals surface area contributed by atoms with Crippen molar-refractivity contribution >= 4 is 41.0 Å². The van der Waals surface area contributed by atoms with Crippen LogP contribution in [0.2, 0.25) is 5.02 Å². The quantitative estimate of drug-likeness (QED) is 0.274. The minimum Gasteiger partial charge on any atom is -0.460 e. The molecule has 1 spiro atoms. The summed E-state index contributed by atoms with van der Waals surface area (Å²) in [6.45, 7) is 8.88. The number of nitrogens with zero attached hydrogens (tertiary/aromatic N) is 2. The van der Waals surface area contributed by atoms with E-state index in [2.05, 4.69) is 18.5 Å². The highest BCUT2D eigenvalue weighted by atomic mass is 35.5. The van der Waals surface area contributed by atoms with E-state index in [0.29, 0.717) is 30.0 Å². The van der Waals surface area contributed by atoms with Crippen LogP contribution in [0.5, 0.6) is 0 Å². The standard InChI is InChI=1S/C29H36ClN3O7/c1-4-6-7-22(35)31-17-18(3)39-28(38)23-21-12-13-29(40-21)24(23)26(36)33(15-16-34)25(29)27(37)32(14-5-2)20-10-8-19(30)9-11-20/h4-5,8-11,18,21,23-25,34H,1-2,6-7,12-17H2,3H3,(H,31,35)/t18-,21-,23+,24+,25-,29+/m0/s1. The first kappa shape index (κ1) is 29.8. The Labute approximate surface area is 238 Å².